The molecule has 162 valence electrons. The maximum Gasteiger partial charge on any atom is 0.262 e. The lowest BCUT2D eigenvalue weighted by Gasteiger charge is -2.23. The molecule has 3 aromatic rings. The molecule has 0 atom stereocenters. The lowest BCUT2D eigenvalue weighted by atomic mass is 9.86. The van der Waals surface area contributed by atoms with Crippen molar-refractivity contribution in [1.82, 2.24) is 5.32 Å². The summed E-state index contributed by atoms with van der Waals surface area (Å²) in [5.74, 6) is 0.854. The van der Waals surface area contributed by atoms with Gasteiger partial charge in [-0.25, -0.2) is 0 Å². The van der Waals surface area contributed by atoms with E-state index in [2.05, 4.69) is 47.3 Å². The third-order valence-electron chi connectivity index (χ3n) is 4.54. The van der Waals surface area contributed by atoms with Crippen LogP contribution in [0.15, 0.2) is 69.8 Å². The number of amides is 2. The van der Waals surface area contributed by atoms with Crippen LogP contribution in [0.25, 0.3) is 0 Å². The molecule has 0 fully saturated rings. The molecule has 0 aliphatic heterocycles. The summed E-state index contributed by atoms with van der Waals surface area (Å²) in [6.07, 6.45) is 1.56. The van der Waals surface area contributed by atoms with E-state index in [0.29, 0.717) is 29.3 Å². The van der Waals surface area contributed by atoms with E-state index in [1.54, 1.807) is 42.7 Å². The fourth-order valence-electron chi connectivity index (χ4n) is 2.94. The Morgan fingerprint density at radius 2 is 1.81 bits per heavy atom. The Kier molecular flexibility index (Phi) is 7.17. The summed E-state index contributed by atoms with van der Waals surface area (Å²) in [5.41, 5.74) is 1.97. The highest BCUT2D eigenvalue weighted by Gasteiger charge is 2.20. The Labute approximate surface area is 190 Å². The van der Waals surface area contributed by atoms with Crippen molar-refractivity contribution in [1.29, 1.82) is 0 Å². The third-order valence-corrected chi connectivity index (χ3v) is 5.04. The van der Waals surface area contributed by atoms with Gasteiger partial charge in [-0.2, -0.15) is 0 Å². The molecule has 2 N–H and O–H groups in total. The summed E-state index contributed by atoms with van der Waals surface area (Å²) in [6.45, 7) is 6.47. The fourth-order valence-corrected chi connectivity index (χ4v) is 3.30. The first-order chi connectivity index (χ1) is 14.7. The lowest BCUT2D eigenvalue weighted by molar-refractivity contribution is -0.118. The molecule has 3 rings (SSSR count). The number of carbonyl (C=O) groups excluding carboxylic acids is 2. The van der Waals surface area contributed by atoms with Crippen molar-refractivity contribution in [2.45, 2.75) is 32.7 Å². The Hall–Kier alpha value is -3.06. The van der Waals surface area contributed by atoms with Crippen molar-refractivity contribution < 1.29 is 18.7 Å². The Balaban J connectivity index is 1.54. The maximum atomic E-state index is 12.3. The van der Waals surface area contributed by atoms with E-state index in [9.17, 15) is 9.59 Å². The van der Waals surface area contributed by atoms with E-state index in [-0.39, 0.29) is 23.8 Å². The van der Waals surface area contributed by atoms with E-state index >= 15 is 0 Å². The number of halogens is 1. The van der Waals surface area contributed by atoms with Crippen LogP contribution in [0, 0.1) is 0 Å². The van der Waals surface area contributed by atoms with E-state index in [4.69, 9.17) is 9.15 Å². The highest BCUT2D eigenvalue weighted by molar-refractivity contribution is 9.10. The van der Waals surface area contributed by atoms with Crippen molar-refractivity contribution in [3.05, 3.63) is 82.2 Å². The number of carbonyl (C=O) groups is 2. The van der Waals surface area contributed by atoms with Crippen molar-refractivity contribution >= 4 is 33.4 Å². The molecule has 0 radical (unpaired) electrons. The highest BCUT2D eigenvalue weighted by Crippen LogP contribution is 2.33. The number of furan rings is 1. The van der Waals surface area contributed by atoms with Gasteiger partial charge >= 0.3 is 0 Å². The van der Waals surface area contributed by atoms with Crippen molar-refractivity contribution in [2.75, 3.05) is 11.9 Å². The molecule has 2 aromatic carbocycles. The van der Waals surface area contributed by atoms with Crippen LogP contribution in [-0.2, 0) is 16.8 Å². The molecule has 0 aliphatic rings. The molecule has 0 spiro atoms. The van der Waals surface area contributed by atoms with Crippen LogP contribution < -0.4 is 15.4 Å². The number of benzene rings is 2. The van der Waals surface area contributed by atoms with E-state index in [0.717, 1.165) is 10.0 Å². The van der Waals surface area contributed by atoms with Crippen LogP contribution in [0.2, 0.25) is 0 Å². The lowest BCUT2D eigenvalue weighted by Crippen LogP contribution is -2.23. The molecule has 0 unspecified atom stereocenters. The van der Waals surface area contributed by atoms with Crippen LogP contribution in [0.5, 0.6) is 5.75 Å². The Morgan fingerprint density at radius 1 is 1.06 bits per heavy atom. The van der Waals surface area contributed by atoms with Crippen molar-refractivity contribution in [3.63, 3.8) is 0 Å². The summed E-state index contributed by atoms with van der Waals surface area (Å²) in [5, 5.41) is 5.56. The van der Waals surface area contributed by atoms with Crippen molar-refractivity contribution in [3.8, 4) is 5.75 Å². The van der Waals surface area contributed by atoms with Gasteiger partial charge in [-0.3, -0.25) is 9.59 Å². The largest absolute Gasteiger partial charge is 0.483 e. The summed E-state index contributed by atoms with van der Waals surface area (Å²) in [7, 11) is 0. The van der Waals surface area contributed by atoms with Crippen LogP contribution in [0.3, 0.4) is 0 Å². The number of rotatable bonds is 7. The minimum atomic E-state index is -0.280. The summed E-state index contributed by atoms with van der Waals surface area (Å²) < 4.78 is 11.9. The second kappa shape index (κ2) is 9.83. The number of anilines is 1. The molecule has 2 amide bonds. The average Bonchev–Trinajstić information content (AvgIpc) is 3.24. The van der Waals surface area contributed by atoms with Crippen LogP contribution >= 0.6 is 15.9 Å². The van der Waals surface area contributed by atoms with Gasteiger partial charge < -0.3 is 19.8 Å². The summed E-state index contributed by atoms with van der Waals surface area (Å²) in [4.78, 5) is 24.5. The van der Waals surface area contributed by atoms with Gasteiger partial charge in [0.1, 0.15) is 11.5 Å². The molecule has 0 saturated heterocycles. The quantitative estimate of drug-likeness (QED) is 0.477. The second-order valence-electron chi connectivity index (χ2n) is 8.07. The third kappa shape index (κ3) is 6.46. The molecule has 0 aliphatic carbocycles. The fraction of sp³-hybridized carbons (Fsp3) is 0.250. The summed E-state index contributed by atoms with van der Waals surface area (Å²) >= 11 is 3.48. The standard InChI is InChI=1S/C24H25BrN2O4/c1-24(2,3)20-13-17(25)8-11-21(20)31-15-22(28)27-18-9-6-16(7-10-18)23(29)26-14-19-5-4-12-30-19/h4-13H,14-15H2,1-3H3,(H,26,29)(H,27,28). The van der Waals surface area contributed by atoms with Gasteiger partial charge in [-0.05, 0) is 60.0 Å². The first-order valence-corrected chi connectivity index (χ1v) is 10.6. The zero-order valence-corrected chi connectivity index (χ0v) is 19.3. The molecule has 1 heterocycles. The van der Waals surface area contributed by atoms with Crippen LogP contribution in [0.1, 0.15) is 42.5 Å². The molecule has 1 aromatic heterocycles. The minimum Gasteiger partial charge on any atom is -0.483 e. The van der Waals surface area contributed by atoms with Crippen molar-refractivity contribution in [2.24, 2.45) is 0 Å². The molecule has 7 heteroatoms. The first-order valence-electron chi connectivity index (χ1n) is 9.86. The van der Waals surface area contributed by atoms with Gasteiger partial charge in [0.15, 0.2) is 6.61 Å². The topological polar surface area (TPSA) is 80.6 Å². The van der Waals surface area contributed by atoms with Gasteiger partial charge in [0, 0.05) is 21.3 Å². The minimum absolute atomic E-state index is 0.115. The van der Waals surface area contributed by atoms with Gasteiger partial charge in [-0.15, -0.1) is 0 Å². The predicted molar refractivity (Wildman–Crippen MR) is 123 cm³/mol. The smallest absolute Gasteiger partial charge is 0.262 e. The average molecular weight is 485 g/mol. The highest BCUT2D eigenvalue weighted by atomic mass is 79.9. The monoisotopic (exact) mass is 484 g/mol. The van der Waals surface area contributed by atoms with E-state index in [1.165, 1.54) is 0 Å². The first kappa shape index (κ1) is 22.6. The van der Waals surface area contributed by atoms with Gasteiger partial charge in [0.25, 0.3) is 11.8 Å². The Bertz CT molecular complexity index is 1040. The zero-order chi connectivity index (χ0) is 22.4. The molecular weight excluding hydrogens is 460 g/mol. The van der Waals surface area contributed by atoms with Gasteiger partial charge in [0.2, 0.25) is 0 Å². The number of ether oxygens (including phenoxy) is 1. The van der Waals surface area contributed by atoms with Crippen LogP contribution in [-0.4, -0.2) is 18.4 Å². The number of hydrogen-bond acceptors (Lipinski definition) is 4. The number of nitrogens with one attached hydrogen (secondary N) is 2. The number of hydrogen-bond donors (Lipinski definition) is 2. The van der Waals surface area contributed by atoms with Crippen LogP contribution in [0.4, 0.5) is 5.69 Å². The molecule has 6 nitrogen and oxygen atoms in total. The molecule has 0 saturated carbocycles. The summed E-state index contributed by atoms with van der Waals surface area (Å²) in [6, 6.07) is 16.0. The SMILES string of the molecule is CC(C)(C)c1cc(Br)ccc1OCC(=O)Nc1ccc(C(=O)NCc2ccco2)cc1. The predicted octanol–water partition coefficient (Wildman–Crippen LogP) is 5.29. The van der Waals surface area contributed by atoms with Gasteiger partial charge in [-0.1, -0.05) is 36.7 Å². The van der Waals surface area contributed by atoms with E-state index < -0.39 is 0 Å². The molecule has 0 bridgehead atoms. The second-order valence-corrected chi connectivity index (χ2v) is 8.98. The maximum absolute atomic E-state index is 12.3. The molecule has 31 heavy (non-hydrogen) atoms. The Morgan fingerprint density at radius 3 is 2.45 bits per heavy atom. The molecular formula is C24H25BrN2O4. The van der Waals surface area contributed by atoms with Gasteiger partial charge in [0.05, 0.1) is 12.8 Å². The normalized spacial score (nSPS) is 11.1. The zero-order valence-electron chi connectivity index (χ0n) is 17.7. The van der Waals surface area contributed by atoms with E-state index in [1.807, 2.05) is 18.2 Å².